The summed E-state index contributed by atoms with van der Waals surface area (Å²) in [5.41, 5.74) is 10.7. The molecule has 0 spiro atoms. The number of hydrogen-bond donors (Lipinski definition) is 0. The Bertz CT molecular complexity index is 3390. The van der Waals surface area contributed by atoms with Crippen molar-refractivity contribution in [3.05, 3.63) is 169 Å². The molecule has 11 rings (SSSR count). The van der Waals surface area contributed by atoms with Gasteiger partial charge in [-0.15, -0.1) is 0 Å². The largest absolute Gasteiger partial charge is 0.0654 e. The number of unbranched alkanes of at least 4 members (excludes halogenated alkanes) is 10. The molecule has 0 aliphatic heterocycles. The van der Waals surface area contributed by atoms with Crippen molar-refractivity contribution in [2.75, 3.05) is 0 Å². The van der Waals surface area contributed by atoms with E-state index in [0.717, 1.165) is 12.8 Å². The highest BCUT2D eigenvalue weighted by Gasteiger charge is 2.27. The molecule has 0 amide bonds. The smallest absolute Gasteiger partial charge is 0.000709 e. The van der Waals surface area contributed by atoms with Crippen LogP contribution in [0.4, 0.5) is 0 Å². The number of rotatable bonds is 17. The molecule has 0 heterocycles. The van der Waals surface area contributed by atoms with Crippen molar-refractivity contribution in [3.8, 4) is 33.4 Å². The molecule has 0 aromatic heterocycles. The Morgan fingerprint density at radius 1 is 0.281 bits per heavy atom. The van der Waals surface area contributed by atoms with Crippen molar-refractivity contribution in [1.82, 2.24) is 0 Å². The molecule has 0 bridgehead atoms. The quantitative estimate of drug-likeness (QED) is 0.0634. The van der Waals surface area contributed by atoms with Gasteiger partial charge in [0.25, 0.3) is 0 Å². The lowest BCUT2D eigenvalue weighted by molar-refractivity contribution is 0.607. The van der Waals surface area contributed by atoms with Crippen LogP contribution in [-0.2, 0) is 12.8 Å². The molecule has 0 saturated carbocycles. The van der Waals surface area contributed by atoms with E-state index in [1.54, 1.807) is 0 Å². The maximum absolute atomic E-state index is 2.62. The van der Waals surface area contributed by atoms with E-state index in [1.807, 2.05) is 0 Å². The second kappa shape index (κ2) is 17.7. The fraction of sp³-hybridized carbons (Fsp3) is 0.250. The van der Waals surface area contributed by atoms with Crippen LogP contribution in [0.2, 0.25) is 0 Å². The first-order chi connectivity index (χ1) is 31.7. The van der Waals surface area contributed by atoms with Crippen molar-refractivity contribution < 1.29 is 0 Å². The summed E-state index contributed by atoms with van der Waals surface area (Å²) in [4.78, 5) is 0. The molecule has 316 valence electrons. The molecule has 0 N–H and O–H groups in total. The van der Waals surface area contributed by atoms with E-state index < -0.39 is 0 Å². The van der Waals surface area contributed by atoms with E-state index >= 15 is 0 Å². The number of benzene rings is 9. The van der Waals surface area contributed by atoms with Crippen LogP contribution >= 0.6 is 0 Å². The lowest BCUT2D eigenvalue weighted by Gasteiger charge is -2.20. The highest BCUT2D eigenvalue weighted by molar-refractivity contribution is 6.45. The highest BCUT2D eigenvalue weighted by atomic mass is 14.3. The van der Waals surface area contributed by atoms with Crippen molar-refractivity contribution in [2.24, 2.45) is 0 Å². The van der Waals surface area contributed by atoms with Crippen LogP contribution < -0.4 is 0 Å². The van der Waals surface area contributed by atoms with E-state index in [0.29, 0.717) is 0 Å². The Balaban J connectivity index is 1.26. The molecule has 0 unspecified atom stereocenters. The number of aryl methyl sites for hydroxylation is 2. The van der Waals surface area contributed by atoms with Crippen LogP contribution in [0.1, 0.15) is 102 Å². The van der Waals surface area contributed by atoms with Gasteiger partial charge in [-0.2, -0.15) is 0 Å². The summed E-state index contributed by atoms with van der Waals surface area (Å²) in [7, 11) is 0. The first-order valence-electron chi connectivity index (χ1n) is 24.7. The summed E-state index contributed by atoms with van der Waals surface area (Å²) in [5.74, 6) is 0. The second-order valence-electron chi connectivity index (χ2n) is 18.8. The zero-order valence-electron chi connectivity index (χ0n) is 37.9. The zero-order chi connectivity index (χ0) is 43.0. The van der Waals surface area contributed by atoms with Gasteiger partial charge >= 0.3 is 0 Å². The van der Waals surface area contributed by atoms with Gasteiger partial charge in [-0.05, 0) is 152 Å². The van der Waals surface area contributed by atoms with Gasteiger partial charge < -0.3 is 0 Å². The minimum Gasteiger partial charge on any atom is -0.0654 e. The van der Waals surface area contributed by atoms with Crippen LogP contribution in [0.3, 0.4) is 0 Å². The van der Waals surface area contributed by atoms with Gasteiger partial charge in [-0.1, -0.05) is 230 Å². The summed E-state index contributed by atoms with van der Waals surface area (Å²) >= 11 is 0. The van der Waals surface area contributed by atoms with Crippen molar-refractivity contribution in [2.45, 2.75) is 104 Å². The molecule has 0 heteroatoms. The molecule has 0 nitrogen and oxygen atoms in total. The lowest BCUT2D eigenvalue weighted by Crippen LogP contribution is -1.93. The Morgan fingerprint density at radius 3 is 1.59 bits per heavy atom. The average Bonchev–Trinajstić information content (AvgIpc) is 3.84. The second-order valence-corrected chi connectivity index (χ2v) is 18.8. The molecule has 0 atom stereocenters. The molecular formula is C64H60. The standard InChI is InChI=1S/C64H60/c1-3-5-7-9-11-15-25-43-37-38-49-51-34-24-36-53-60(51)55(54(49)40-43)42-57-61(50-33-22-21-32-48(50)45-27-17-13-18-28-45)63-52-35-23-31-47-39-44(26-16-12-10-8-6-4-2)41-56(58(47)52)64(63)59(62(53)57)46-29-19-14-20-30-46/h13-14,17-24,27-42H,3-12,15-16,25-26H2,1-2H3. The monoisotopic (exact) mass is 828 g/mol. The Morgan fingerprint density at radius 2 is 0.859 bits per heavy atom. The first kappa shape index (κ1) is 40.5. The molecule has 11 aromatic rings. The van der Waals surface area contributed by atoms with Gasteiger partial charge in [-0.3, -0.25) is 0 Å². The topological polar surface area (TPSA) is 0 Å². The van der Waals surface area contributed by atoms with Crippen LogP contribution in [0.25, 0.3) is 109 Å². The van der Waals surface area contributed by atoms with Gasteiger partial charge in [0.2, 0.25) is 0 Å². The normalized spacial score (nSPS) is 12.2. The number of fused-ring (bicyclic) bond motifs is 8. The fourth-order valence-electron chi connectivity index (χ4n) is 11.6. The molecule has 0 radical (unpaired) electrons. The van der Waals surface area contributed by atoms with Crippen molar-refractivity contribution >= 4 is 75.4 Å². The summed E-state index contributed by atoms with van der Waals surface area (Å²) in [6.07, 6.45) is 18.0. The summed E-state index contributed by atoms with van der Waals surface area (Å²) in [6.45, 7) is 4.61. The van der Waals surface area contributed by atoms with E-state index in [-0.39, 0.29) is 0 Å². The molecule has 64 heavy (non-hydrogen) atoms. The molecule has 0 aliphatic rings. The first-order valence-corrected chi connectivity index (χ1v) is 24.7. The van der Waals surface area contributed by atoms with E-state index in [2.05, 4.69) is 172 Å². The van der Waals surface area contributed by atoms with Crippen LogP contribution in [-0.4, -0.2) is 0 Å². The van der Waals surface area contributed by atoms with Gasteiger partial charge in [0, 0.05) is 0 Å². The molecule has 0 aliphatic carbocycles. The Hall–Kier alpha value is -6.24. The van der Waals surface area contributed by atoms with Gasteiger partial charge in [0.05, 0.1) is 0 Å². The highest BCUT2D eigenvalue weighted by Crippen LogP contribution is 2.55. The van der Waals surface area contributed by atoms with Crippen LogP contribution in [0, 0.1) is 0 Å². The molecule has 0 fully saturated rings. The van der Waals surface area contributed by atoms with E-state index in [1.165, 1.54) is 197 Å². The average molecular weight is 829 g/mol. The minimum absolute atomic E-state index is 1.11. The van der Waals surface area contributed by atoms with Gasteiger partial charge in [0.1, 0.15) is 0 Å². The Labute approximate surface area is 379 Å². The van der Waals surface area contributed by atoms with Crippen LogP contribution in [0.15, 0.2) is 158 Å². The maximum Gasteiger partial charge on any atom is -0.000709 e. The molecular weight excluding hydrogens is 769 g/mol. The fourth-order valence-corrected chi connectivity index (χ4v) is 11.6. The SMILES string of the molecule is CCCCCCCCc1ccc2c(c1)c1cc3c(-c4ccccc4-c4ccccc4)c4c5cccc6cc(CCCCCCCC)cc(c4c(-c4ccccc4)c3c3cccc2c13)c65. The Kier molecular flexibility index (Phi) is 11.2. The van der Waals surface area contributed by atoms with Crippen molar-refractivity contribution in [1.29, 1.82) is 0 Å². The third kappa shape index (κ3) is 7.07. The predicted octanol–water partition coefficient (Wildman–Crippen LogP) is 19.4. The predicted molar refractivity (Wildman–Crippen MR) is 282 cm³/mol. The maximum atomic E-state index is 2.62. The third-order valence-corrected chi connectivity index (χ3v) is 14.7. The summed E-state index contributed by atoms with van der Waals surface area (Å²) < 4.78 is 0. The lowest BCUT2D eigenvalue weighted by atomic mass is 9.82. The molecule has 0 saturated heterocycles. The number of hydrogen-bond acceptors (Lipinski definition) is 0. The minimum atomic E-state index is 1.11. The summed E-state index contributed by atoms with van der Waals surface area (Å²) in [5, 5.41) is 19.3. The third-order valence-electron chi connectivity index (χ3n) is 14.7. The molecule has 11 aromatic carbocycles. The van der Waals surface area contributed by atoms with Crippen molar-refractivity contribution in [3.63, 3.8) is 0 Å². The zero-order valence-corrected chi connectivity index (χ0v) is 37.9. The summed E-state index contributed by atoms with van der Waals surface area (Å²) in [6, 6.07) is 61.1. The van der Waals surface area contributed by atoms with Crippen LogP contribution in [0.5, 0.6) is 0 Å². The van der Waals surface area contributed by atoms with Gasteiger partial charge in [-0.25, -0.2) is 0 Å². The van der Waals surface area contributed by atoms with E-state index in [4.69, 9.17) is 0 Å². The van der Waals surface area contributed by atoms with E-state index in [9.17, 15) is 0 Å². The van der Waals surface area contributed by atoms with Gasteiger partial charge in [0.15, 0.2) is 0 Å².